The van der Waals surface area contributed by atoms with Crippen LogP contribution in [-0.4, -0.2) is 117 Å². The number of nitrogens with zero attached hydrogens (tertiary/aromatic N) is 2. The molecule has 0 aliphatic carbocycles. The van der Waals surface area contributed by atoms with Gasteiger partial charge in [-0.3, -0.25) is 0 Å². The van der Waals surface area contributed by atoms with Gasteiger partial charge in [0.05, 0.1) is 0 Å². The SMILES string of the molecule is C#N.C#N.O=P(O)(O)O.[KH].[KH]. The molecule has 0 heterocycles. The summed E-state index contributed by atoms with van der Waals surface area (Å²) < 4.78 is 8.88. The average molecular weight is 232 g/mol. The van der Waals surface area contributed by atoms with Crippen molar-refractivity contribution in [2.24, 2.45) is 0 Å². The maximum absolute atomic E-state index is 8.88. The van der Waals surface area contributed by atoms with Crippen molar-refractivity contribution in [3.05, 3.63) is 0 Å². The first-order valence-electron chi connectivity index (χ1n) is 1.30. The van der Waals surface area contributed by atoms with Crippen LogP contribution in [0.25, 0.3) is 0 Å². The monoisotopic (exact) mass is 232 g/mol. The molecule has 0 bridgehead atoms. The molecule has 0 spiro atoms. The topological polar surface area (TPSA) is 125 Å². The van der Waals surface area contributed by atoms with Gasteiger partial charge < -0.3 is 14.7 Å². The predicted octanol–water partition coefficient (Wildman–Crippen LogP) is -1.95. The first kappa shape index (κ1) is 29.2. The van der Waals surface area contributed by atoms with Gasteiger partial charge in [0.1, 0.15) is 0 Å². The van der Waals surface area contributed by atoms with Crippen molar-refractivity contribution >= 4 is 111 Å². The van der Waals surface area contributed by atoms with E-state index in [1.165, 1.54) is 0 Å². The Labute approximate surface area is 150 Å². The molecule has 0 radical (unpaired) electrons. The first-order chi connectivity index (χ1) is 4.00. The second-order valence-electron chi connectivity index (χ2n) is 0.513. The number of hydrogen-bond acceptors (Lipinski definition) is 3. The van der Waals surface area contributed by atoms with Gasteiger partial charge in [-0.05, 0) is 0 Å². The molecule has 0 rings (SSSR count). The molecule has 6 nitrogen and oxygen atoms in total. The molecule has 0 aliphatic rings. The van der Waals surface area contributed by atoms with E-state index in [2.05, 4.69) is 13.1 Å². The molecule has 0 amide bonds. The third-order valence-electron chi connectivity index (χ3n) is 0. The van der Waals surface area contributed by atoms with Crippen molar-refractivity contribution in [3.63, 3.8) is 0 Å². The Morgan fingerprint density at radius 1 is 0.909 bits per heavy atom. The van der Waals surface area contributed by atoms with Crippen LogP contribution < -0.4 is 0 Å². The fourth-order valence-electron chi connectivity index (χ4n) is 0. The molecule has 0 aliphatic heterocycles. The Hall–Kier alpha value is 2.36. The zero-order valence-electron chi connectivity index (χ0n) is 4.25. The van der Waals surface area contributed by atoms with E-state index < -0.39 is 7.82 Å². The molecule has 3 N–H and O–H groups in total. The van der Waals surface area contributed by atoms with Gasteiger partial charge in [-0.25, -0.2) is 15.1 Å². The molecule has 11 heavy (non-hydrogen) atoms. The minimum absolute atomic E-state index is 0. The summed E-state index contributed by atoms with van der Waals surface area (Å²) in [7, 11) is -4.64. The molecule has 0 unspecified atom stereocenters. The van der Waals surface area contributed by atoms with Gasteiger partial charge in [0.15, 0.2) is 0 Å². The second kappa shape index (κ2) is 22.8. The molecule has 0 saturated heterocycles. The van der Waals surface area contributed by atoms with Gasteiger partial charge in [0.2, 0.25) is 0 Å². The summed E-state index contributed by atoms with van der Waals surface area (Å²) in [6.07, 6.45) is 0. The van der Waals surface area contributed by atoms with Crippen molar-refractivity contribution in [3.8, 4) is 13.1 Å². The van der Waals surface area contributed by atoms with E-state index in [1.807, 2.05) is 0 Å². The number of rotatable bonds is 0. The van der Waals surface area contributed by atoms with Crippen molar-refractivity contribution in [1.82, 2.24) is 0 Å². The van der Waals surface area contributed by atoms with Crippen LogP contribution in [0.3, 0.4) is 0 Å². The van der Waals surface area contributed by atoms with Crippen LogP contribution in [0.5, 0.6) is 0 Å². The molecule has 0 aromatic heterocycles. The molecular weight excluding hydrogens is 225 g/mol. The Kier molecular flexibility index (Phi) is 60.6. The van der Waals surface area contributed by atoms with Crippen molar-refractivity contribution in [1.29, 1.82) is 10.5 Å². The van der Waals surface area contributed by atoms with Crippen LogP contribution in [0.1, 0.15) is 0 Å². The average Bonchev–Trinajstić information content (AvgIpc) is 1.72. The van der Waals surface area contributed by atoms with Crippen LogP contribution in [0.15, 0.2) is 0 Å². The van der Waals surface area contributed by atoms with Crippen molar-refractivity contribution in [2.75, 3.05) is 0 Å². The third kappa shape index (κ3) is 238. The van der Waals surface area contributed by atoms with E-state index in [-0.39, 0.29) is 103 Å². The van der Waals surface area contributed by atoms with Crippen molar-refractivity contribution in [2.45, 2.75) is 0 Å². The van der Waals surface area contributed by atoms with E-state index in [0.29, 0.717) is 0 Å². The summed E-state index contributed by atoms with van der Waals surface area (Å²) in [5.74, 6) is 0. The molecule has 56 valence electrons. The van der Waals surface area contributed by atoms with Crippen molar-refractivity contribution < 1.29 is 19.2 Å². The van der Waals surface area contributed by atoms with Crippen LogP contribution in [-0.2, 0) is 4.57 Å². The molecular formula is C2H7K2N2O4P. The van der Waals surface area contributed by atoms with Crippen LogP contribution in [0.4, 0.5) is 0 Å². The van der Waals surface area contributed by atoms with E-state index >= 15 is 0 Å². The summed E-state index contributed by atoms with van der Waals surface area (Å²) in [5.41, 5.74) is 0. The summed E-state index contributed by atoms with van der Waals surface area (Å²) in [5, 5.41) is 13.0. The summed E-state index contributed by atoms with van der Waals surface area (Å²) in [4.78, 5) is 21.6. The Bertz CT molecular complexity index is 116. The molecule has 0 saturated carbocycles. The van der Waals surface area contributed by atoms with Gasteiger partial charge in [-0.2, -0.15) is 0 Å². The Morgan fingerprint density at radius 2 is 0.909 bits per heavy atom. The molecule has 0 aromatic rings. The third-order valence-corrected chi connectivity index (χ3v) is 0. The van der Waals surface area contributed by atoms with Gasteiger partial charge in [-0.15, -0.1) is 0 Å². The predicted molar refractivity (Wildman–Crippen MR) is 41.9 cm³/mol. The molecule has 9 heteroatoms. The zero-order valence-corrected chi connectivity index (χ0v) is 5.14. The van der Waals surface area contributed by atoms with E-state index in [9.17, 15) is 0 Å². The van der Waals surface area contributed by atoms with E-state index in [1.54, 1.807) is 0 Å². The normalized spacial score (nSPS) is 5.73. The standard InChI is InChI=1S/2CHN.2K.H3O4P.2H/c2*1-2;;;1-5(2,3)4;;/h2*1H;;;(H3,1,2,3,4);;. The minimum atomic E-state index is -4.64. The van der Waals surface area contributed by atoms with Crippen LogP contribution in [0, 0.1) is 23.7 Å². The summed E-state index contributed by atoms with van der Waals surface area (Å²) in [6.45, 7) is 7.00. The Morgan fingerprint density at radius 3 is 0.909 bits per heavy atom. The summed E-state index contributed by atoms with van der Waals surface area (Å²) in [6, 6.07) is 0. The number of phosphoric acid groups is 1. The van der Waals surface area contributed by atoms with Crippen LogP contribution in [0.2, 0.25) is 0 Å². The number of nitriles is 2. The number of hydrogen-bond donors (Lipinski definition) is 3. The molecule has 0 aromatic carbocycles. The maximum atomic E-state index is 8.88. The zero-order chi connectivity index (χ0) is 8.50. The fourth-order valence-corrected chi connectivity index (χ4v) is 0. The van der Waals surface area contributed by atoms with Gasteiger partial charge >= 0.3 is 111 Å². The van der Waals surface area contributed by atoms with Gasteiger partial charge in [-0.1, -0.05) is 0 Å². The van der Waals surface area contributed by atoms with E-state index in [4.69, 9.17) is 29.8 Å². The van der Waals surface area contributed by atoms with Crippen LogP contribution >= 0.6 is 7.82 Å². The second-order valence-corrected chi connectivity index (χ2v) is 1.54. The first-order valence-corrected chi connectivity index (χ1v) is 2.86. The van der Waals surface area contributed by atoms with E-state index in [0.717, 1.165) is 0 Å². The fraction of sp³-hybridized carbons (Fsp3) is 0. The van der Waals surface area contributed by atoms with Gasteiger partial charge in [0, 0.05) is 13.1 Å². The Balaban J connectivity index is -0.0000000178. The molecule has 0 atom stereocenters. The quantitative estimate of drug-likeness (QED) is 0.329. The summed E-state index contributed by atoms with van der Waals surface area (Å²) >= 11 is 0. The van der Waals surface area contributed by atoms with Gasteiger partial charge in [0.25, 0.3) is 0 Å². The molecule has 0 fully saturated rings.